The lowest BCUT2D eigenvalue weighted by Crippen LogP contribution is -1.87. The SMILES string of the molecule is C=C([O])Cc1ccc(OC)cc1. The third-order valence-electron chi connectivity index (χ3n) is 1.56. The first kappa shape index (κ1) is 8.65. The molecule has 0 heterocycles. The fraction of sp³-hybridized carbons (Fsp3) is 0.200. The van der Waals surface area contributed by atoms with Gasteiger partial charge in [0.2, 0.25) is 0 Å². The maximum absolute atomic E-state index is 10.6. The van der Waals surface area contributed by atoms with E-state index >= 15 is 0 Å². The van der Waals surface area contributed by atoms with E-state index in [4.69, 9.17) is 4.74 Å². The van der Waals surface area contributed by atoms with Gasteiger partial charge in [0.1, 0.15) is 5.75 Å². The standard InChI is InChI=1S/C10H11O2/c1-8(11)7-9-3-5-10(12-2)6-4-9/h3-6H,1,7H2,2H3. The molecule has 0 N–H and O–H groups in total. The molecular weight excluding hydrogens is 152 g/mol. The topological polar surface area (TPSA) is 29.1 Å². The van der Waals surface area contributed by atoms with Crippen LogP contribution in [0.1, 0.15) is 5.56 Å². The summed E-state index contributed by atoms with van der Waals surface area (Å²) in [6.45, 7) is 3.31. The van der Waals surface area contributed by atoms with Gasteiger partial charge in [-0.2, -0.15) is 0 Å². The molecule has 1 aromatic carbocycles. The summed E-state index contributed by atoms with van der Waals surface area (Å²) < 4.78 is 4.97. The number of ether oxygens (including phenoxy) is 1. The van der Waals surface area contributed by atoms with Gasteiger partial charge >= 0.3 is 0 Å². The summed E-state index contributed by atoms with van der Waals surface area (Å²) in [7, 11) is 1.61. The molecule has 0 unspecified atom stereocenters. The molecule has 2 nitrogen and oxygen atoms in total. The monoisotopic (exact) mass is 163 g/mol. The van der Waals surface area contributed by atoms with Crippen molar-refractivity contribution in [1.82, 2.24) is 0 Å². The largest absolute Gasteiger partial charge is 0.497 e. The molecule has 63 valence electrons. The highest BCUT2D eigenvalue weighted by Crippen LogP contribution is 2.12. The van der Waals surface area contributed by atoms with Gasteiger partial charge in [-0.3, -0.25) is 5.11 Å². The van der Waals surface area contributed by atoms with Crippen LogP contribution in [-0.2, 0) is 11.5 Å². The van der Waals surface area contributed by atoms with Gasteiger partial charge in [-0.05, 0) is 17.7 Å². The summed E-state index contributed by atoms with van der Waals surface area (Å²) in [4.78, 5) is 0. The second-order valence-electron chi connectivity index (χ2n) is 2.56. The molecule has 0 amide bonds. The van der Waals surface area contributed by atoms with E-state index in [-0.39, 0.29) is 5.76 Å². The minimum atomic E-state index is -0.0693. The Morgan fingerprint density at radius 2 is 2.00 bits per heavy atom. The summed E-state index contributed by atoms with van der Waals surface area (Å²) in [6.07, 6.45) is 0.393. The van der Waals surface area contributed by atoms with Crippen LogP contribution in [0.5, 0.6) is 5.75 Å². The predicted octanol–water partition coefficient (Wildman–Crippen LogP) is 2.18. The van der Waals surface area contributed by atoms with E-state index in [9.17, 15) is 5.11 Å². The van der Waals surface area contributed by atoms with Gasteiger partial charge < -0.3 is 4.74 Å². The van der Waals surface area contributed by atoms with Gasteiger partial charge in [0.05, 0.1) is 7.11 Å². The van der Waals surface area contributed by atoms with Crippen LogP contribution in [0.3, 0.4) is 0 Å². The maximum Gasteiger partial charge on any atom is 0.152 e. The van der Waals surface area contributed by atoms with Crippen molar-refractivity contribution >= 4 is 0 Å². The Kier molecular flexibility index (Phi) is 2.75. The Bertz CT molecular complexity index is 262. The molecule has 12 heavy (non-hydrogen) atoms. The van der Waals surface area contributed by atoms with Gasteiger partial charge in [0.15, 0.2) is 5.76 Å². The lowest BCUT2D eigenvalue weighted by Gasteiger charge is -2.00. The van der Waals surface area contributed by atoms with Crippen molar-refractivity contribution in [2.24, 2.45) is 0 Å². The van der Waals surface area contributed by atoms with E-state index in [0.717, 1.165) is 11.3 Å². The van der Waals surface area contributed by atoms with Gasteiger partial charge in [-0.15, -0.1) is 0 Å². The average molecular weight is 163 g/mol. The summed E-state index contributed by atoms with van der Waals surface area (Å²) in [6, 6.07) is 7.39. The van der Waals surface area contributed by atoms with Crippen LogP contribution >= 0.6 is 0 Å². The first-order valence-corrected chi connectivity index (χ1v) is 3.70. The first-order chi connectivity index (χ1) is 5.72. The van der Waals surface area contributed by atoms with E-state index in [2.05, 4.69) is 6.58 Å². The van der Waals surface area contributed by atoms with Crippen molar-refractivity contribution < 1.29 is 9.84 Å². The van der Waals surface area contributed by atoms with Crippen LogP contribution in [-0.4, -0.2) is 7.11 Å². The van der Waals surface area contributed by atoms with E-state index in [0.29, 0.717) is 6.42 Å². The van der Waals surface area contributed by atoms with Crippen LogP contribution in [0.15, 0.2) is 36.6 Å². The molecule has 2 heteroatoms. The molecule has 0 aliphatic carbocycles. The van der Waals surface area contributed by atoms with Crippen molar-refractivity contribution in [2.45, 2.75) is 6.42 Å². The highest BCUT2D eigenvalue weighted by atomic mass is 16.5. The molecule has 0 aliphatic rings. The van der Waals surface area contributed by atoms with E-state index in [1.54, 1.807) is 7.11 Å². The van der Waals surface area contributed by atoms with Gasteiger partial charge in [0.25, 0.3) is 0 Å². The minimum Gasteiger partial charge on any atom is -0.497 e. The molecule has 0 saturated carbocycles. The normalized spacial score (nSPS) is 9.42. The van der Waals surface area contributed by atoms with Crippen LogP contribution in [0.4, 0.5) is 0 Å². The Labute approximate surface area is 72.1 Å². The molecule has 0 aromatic heterocycles. The zero-order chi connectivity index (χ0) is 8.97. The number of hydrogen-bond donors (Lipinski definition) is 0. The summed E-state index contributed by atoms with van der Waals surface area (Å²) >= 11 is 0. The maximum atomic E-state index is 10.6. The highest BCUT2D eigenvalue weighted by Gasteiger charge is 1.96. The Morgan fingerprint density at radius 3 is 2.42 bits per heavy atom. The van der Waals surface area contributed by atoms with Crippen molar-refractivity contribution in [3.8, 4) is 5.75 Å². The third kappa shape index (κ3) is 2.31. The van der Waals surface area contributed by atoms with Gasteiger partial charge in [0, 0.05) is 6.42 Å². The lowest BCUT2D eigenvalue weighted by molar-refractivity contribution is 0.290. The average Bonchev–Trinajstić information content (AvgIpc) is 2.05. The molecule has 1 aromatic rings. The summed E-state index contributed by atoms with van der Waals surface area (Å²) in [5.41, 5.74) is 0.968. The van der Waals surface area contributed by atoms with Crippen LogP contribution in [0, 0.1) is 0 Å². The molecule has 0 aliphatic heterocycles. The zero-order valence-electron chi connectivity index (χ0n) is 7.04. The Balaban J connectivity index is 2.71. The van der Waals surface area contributed by atoms with Gasteiger partial charge in [-0.25, -0.2) is 0 Å². The van der Waals surface area contributed by atoms with Gasteiger partial charge in [-0.1, -0.05) is 18.7 Å². The molecule has 0 fully saturated rings. The van der Waals surface area contributed by atoms with Crippen LogP contribution < -0.4 is 4.74 Å². The molecule has 1 rings (SSSR count). The fourth-order valence-corrected chi connectivity index (χ4v) is 0.971. The quantitative estimate of drug-likeness (QED) is 0.628. The number of allylic oxidation sites excluding steroid dienone is 1. The van der Waals surface area contributed by atoms with Crippen LogP contribution in [0.2, 0.25) is 0 Å². The number of benzene rings is 1. The predicted molar refractivity (Wildman–Crippen MR) is 46.5 cm³/mol. The zero-order valence-corrected chi connectivity index (χ0v) is 7.04. The number of hydrogen-bond acceptors (Lipinski definition) is 1. The summed E-state index contributed by atoms with van der Waals surface area (Å²) in [5.74, 6) is 0.732. The Morgan fingerprint density at radius 1 is 1.42 bits per heavy atom. The summed E-state index contributed by atoms with van der Waals surface area (Å²) in [5, 5.41) is 10.6. The van der Waals surface area contributed by atoms with E-state index in [1.807, 2.05) is 24.3 Å². The van der Waals surface area contributed by atoms with Crippen molar-refractivity contribution in [3.63, 3.8) is 0 Å². The fourth-order valence-electron chi connectivity index (χ4n) is 0.971. The first-order valence-electron chi connectivity index (χ1n) is 3.70. The molecule has 0 bridgehead atoms. The number of methoxy groups -OCH3 is 1. The Hall–Kier alpha value is -1.44. The van der Waals surface area contributed by atoms with Crippen LogP contribution in [0.25, 0.3) is 0 Å². The molecule has 0 saturated heterocycles. The van der Waals surface area contributed by atoms with Crippen molar-refractivity contribution in [3.05, 3.63) is 42.2 Å². The molecular formula is C10H11O2. The second kappa shape index (κ2) is 3.81. The number of rotatable bonds is 3. The van der Waals surface area contributed by atoms with E-state index < -0.39 is 0 Å². The van der Waals surface area contributed by atoms with E-state index in [1.165, 1.54) is 0 Å². The third-order valence-corrected chi connectivity index (χ3v) is 1.56. The highest BCUT2D eigenvalue weighted by molar-refractivity contribution is 5.28. The molecule has 0 spiro atoms. The lowest BCUT2D eigenvalue weighted by atomic mass is 10.1. The second-order valence-corrected chi connectivity index (χ2v) is 2.56. The molecule has 1 radical (unpaired) electrons. The smallest absolute Gasteiger partial charge is 0.152 e. The molecule has 0 atom stereocenters. The minimum absolute atomic E-state index is 0.0693. The van der Waals surface area contributed by atoms with Crippen molar-refractivity contribution in [1.29, 1.82) is 0 Å². The van der Waals surface area contributed by atoms with Crippen molar-refractivity contribution in [2.75, 3.05) is 7.11 Å².